The summed E-state index contributed by atoms with van der Waals surface area (Å²) in [5.74, 6) is -0.568. The summed E-state index contributed by atoms with van der Waals surface area (Å²) in [6.07, 6.45) is -0.698. The standard InChI is InChI=1S/C20H20ClNO5/c1-9-5-16-14(7-15(9)21)13(6-17(24)27-16)8-26-20(25)19-10(2)18(12(4)23)11(3)22-19/h5-7,12,22-23H,8H2,1-4H3/t12-/m1/s1. The van der Waals surface area contributed by atoms with E-state index < -0.39 is 17.7 Å². The van der Waals surface area contributed by atoms with Gasteiger partial charge in [0.2, 0.25) is 0 Å². The first-order chi connectivity index (χ1) is 12.7. The third-order valence-electron chi connectivity index (χ3n) is 4.59. The molecule has 2 heterocycles. The van der Waals surface area contributed by atoms with Gasteiger partial charge in [-0.3, -0.25) is 0 Å². The minimum atomic E-state index is -0.698. The Kier molecular flexibility index (Phi) is 5.13. The molecule has 0 aliphatic rings. The number of aliphatic hydroxyl groups is 1. The number of hydrogen-bond acceptors (Lipinski definition) is 5. The summed E-state index contributed by atoms with van der Waals surface area (Å²) < 4.78 is 10.6. The SMILES string of the molecule is Cc1cc2oc(=O)cc(COC(=O)c3[nH]c(C)c([C@@H](C)O)c3C)c2cc1Cl. The summed E-state index contributed by atoms with van der Waals surface area (Å²) in [6, 6.07) is 4.65. The molecule has 0 aliphatic heterocycles. The molecule has 0 spiro atoms. The second-order valence-electron chi connectivity index (χ2n) is 6.60. The van der Waals surface area contributed by atoms with E-state index in [1.807, 2.05) is 6.92 Å². The van der Waals surface area contributed by atoms with Crippen molar-refractivity contribution in [1.82, 2.24) is 4.98 Å². The van der Waals surface area contributed by atoms with Gasteiger partial charge in [0.25, 0.3) is 0 Å². The van der Waals surface area contributed by atoms with E-state index >= 15 is 0 Å². The summed E-state index contributed by atoms with van der Waals surface area (Å²) >= 11 is 6.17. The first-order valence-electron chi connectivity index (χ1n) is 8.46. The van der Waals surface area contributed by atoms with Gasteiger partial charge in [0, 0.05) is 33.3 Å². The number of aryl methyl sites for hydroxylation is 2. The Morgan fingerprint density at radius 2 is 2.00 bits per heavy atom. The third kappa shape index (κ3) is 3.63. The summed E-state index contributed by atoms with van der Waals surface area (Å²) in [7, 11) is 0. The second-order valence-corrected chi connectivity index (χ2v) is 7.01. The molecule has 0 aliphatic carbocycles. The highest BCUT2D eigenvalue weighted by atomic mass is 35.5. The van der Waals surface area contributed by atoms with Gasteiger partial charge >= 0.3 is 11.6 Å². The molecule has 3 aromatic rings. The fourth-order valence-corrected chi connectivity index (χ4v) is 3.44. The summed E-state index contributed by atoms with van der Waals surface area (Å²) in [5.41, 5.74) is 3.46. The van der Waals surface area contributed by atoms with Crippen molar-refractivity contribution in [1.29, 1.82) is 0 Å². The Morgan fingerprint density at radius 3 is 2.63 bits per heavy atom. The van der Waals surface area contributed by atoms with Crippen molar-refractivity contribution in [2.24, 2.45) is 0 Å². The lowest BCUT2D eigenvalue weighted by Crippen LogP contribution is -2.09. The normalized spacial score (nSPS) is 12.4. The number of benzene rings is 1. The van der Waals surface area contributed by atoms with Crippen molar-refractivity contribution in [2.45, 2.75) is 40.4 Å². The van der Waals surface area contributed by atoms with Gasteiger partial charge in [0.1, 0.15) is 17.9 Å². The number of hydrogen-bond donors (Lipinski definition) is 2. The van der Waals surface area contributed by atoms with E-state index in [9.17, 15) is 14.7 Å². The predicted octanol–water partition coefficient (Wildman–Crippen LogP) is 4.11. The average Bonchev–Trinajstić information content (AvgIpc) is 2.88. The van der Waals surface area contributed by atoms with Crippen LogP contribution in [0.3, 0.4) is 0 Å². The molecule has 1 atom stereocenters. The molecule has 6 nitrogen and oxygen atoms in total. The minimum absolute atomic E-state index is 0.109. The van der Waals surface area contributed by atoms with Crippen LogP contribution in [0, 0.1) is 20.8 Å². The zero-order chi connectivity index (χ0) is 19.9. The van der Waals surface area contributed by atoms with E-state index in [0.29, 0.717) is 38.4 Å². The molecule has 0 unspecified atom stereocenters. The van der Waals surface area contributed by atoms with Crippen molar-refractivity contribution in [3.63, 3.8) is 0 Å². The van der Waals surface area contributed by atoms with Crippen LogP contribution in [0.4, 0.5) is 0 Å². The third-order valence-corrected chi connectivity index (χ3v) is 4.99. The quantitative estimate of drug-likeness (QED) is 0.517. The molecule has 27 heavy (non-hydrogen) atoms. The maximum Gasteiger partial charge on any atom is 0.355 e. The number of carbonyl (C=O) groups excluding carboxylic acids is 1. The lowest BCUT2D eigenvalue weighted by molar-refractivity contribution is 0.0466. The van der Waals surface area contributed by atoms with Crippen molar-refractivity contribution >= 4 is 28.5 Å². The smallest absolute Gasteiger partial charge is 0.355 e. The maximum atomic E-state index is 12.5. The zero-order valence-corrected chi connectivity index (χ0v) is 16.2. The molecule has 0 amide bonds. The van der Waals surface area contributed by atoms with Crippen LogP contribution in [0.2, 0.25) is 5.02 Å². The van der Waals surface area contributed by atoms with Crippen LogP contribution in [0.1, 0.15) is 51.5 Å². The molecule has 3 rings (SSSR count). The number of halogens is 1. The Bertz CT molecular complexity index is 1090. The van der Waals surface area contributed by atoms with Gasteiger partial charge in [-0.05, 0) is 51.0 Å². The largest absolute Gasteiger partial charge is 0.456 e. The first kappa shape index (κ1) is 19.2. The van der Waals surface area contributed by atoms with Gasteiger partial charge in [-0.25, -0.2) is 9.59 Å². The van der Waals surface area contributed by atoms with Gasteiger partial charge in [-0.2, -0.15) is 0 Å². The average molecular weight is 390 g/mol. The number of ether oxygens (including phenoxy) is 1. The summed E-state index contributed by atoms with van der Waals surface area (Å²) in [6.45, 7) is 6.87. The molecule has 7 heteroatoms. The van der Waals surface area contributed by atoms with Crippen molar-refractivity contribution in [2.75, 3.05) is 0 Å². The highest BCUT2D eigenvalue weighted by Gasteiger charge is 2.21. The molecule has 2 N–H and O–H groups in total. The first-order valence-corrected chi connectivity index (χ1v) is 8.84. The van der Waals surface area contributed by atoms with E-state index in [0.717, 1.165) is 5.56 Å². The minimum Gasteiger partial charge on any atom is -0.456 e. The van der Waals surface area contributed by atoms with Gasteiger partial charge in [-0.1, -0.05) is 11.6 Å². The van der Waals surface area contributed by atoms with Gasteiger partial charge in [-0.15, -0.1) is 0 Å². The summed E-state index contributed by atoms with van der Waals surface area (Å²) in [4.78, 5) is 27.3. The topological polar surface area (TPSA) is 92.5 Å². The van der Waals surface area contributed by atoms with E-state index in [-0.39, 0.29) is 12.3 Å². The number of aliphatic hydroxyl groups excluding tert-OH is 1. The van der Waals surface area contributed by atoms with E-state index in [4.69, 9.17) is 20.8 Å². The Labute approximate surface area is 160 Å². The number of H-pyrrole nitrogens is 1. The van der Waals surface area contributed by atoms with E-state index in [2.05, 4.69) is 4.98 Å². The Balaban J connectivity index is 1.91. The van der Waals surface area contributed by atoms with Crippen LogP contribution in [-0.4, -0.2) is 16.1 Å². The highest BCUT2D eigenvalue weighted by molar-refractivity contribution is 6.32. The molecule has 0 bridgehead atoms. The molecule has 0 radical (unpaired) electrons. The van der Waals surface area contributed by atoms with Crippen LogP contribution in [0.15, 0.2) is 27.4 Å². The molecular formula is C20H20ClNO5. The monoisotopic (exact) mass is 389 g/mol. The number of fused-ring (bicyclic) bond motifs is 1. The number of aromatic nitrogens is 1. The van der Waals surface area contributed by atoms with Gasteiger partial charge in [0.15, 0.2) is 0 Å². The number of esters is 1. The van der Waals surface area contributed by atoms with E-state index in [1.165, 1.54) is 6.07 Å². The number of nitrogens with one attached hydrogen (secondary N) is 1. The van der Waals surface area contributed by atoms with Crippen molar-refractivity contribution in [3.8, 4) is 0 Å². The zero-order valence-electron chi connectivity index (χ0n) is 15.5. The molecule has 0 fully saturated rings. The van der Waals surface area contributed by atoms with Crippen LogP contribution in [0.25, 0.3) is 11.0 Å². The molecule has 142 valence electrons. The number of carbonyl (C=O) groups is 1. The molecular weight excluding hydrogens is 370 g/mol. The molecule has 0 saturated heterocycles. The number of rotatable bonds is 4. The van der Waals surface area contributed by atoms with Crippen LogP contribution < -0.4 is 5.63 Å². The lowest BCUT2D eigenvalue weighted by Gasteiger charge is -2.09. The van der Waals surface area contributed by atoms with Crippen molar-refractivity contribution in [3.05, 3.63) is 67.3 Å². The highest BCUT2D eigenvalue weighted by Crippen LogP contribution is 2.27. The van der Waals surface area contributed by atoms with Crippen molar-refractivity contribution < 1.29 is 19.1 Å². The van der Waals surface area contributed by atoms with Gasteiger partial charge < -0.3 is 19.2 Å². The molecule has 2 aromatic heterocycles. The fraction of sp³-hybridized carbons (Fsp3) is 0.300. The van der Waals surface area contributed by atoms with Gasteiger partial charge in [0.05, 0.1) is 6.10 Å². The lowest BCUT2D eigenvalue weighted by atomic mass is 10.1. The summed E-state index contributed by atoms with van der Waals surface area (Å²) in [5, 5.41) is 11.0. The van der Waals surface area contributed by atoms with Crippen LogP contribution in [0.5, 0.6) is 0 Å². The second kappa shape index (κ2) is 7.21. The number of aromatic amines is 1. The van der Waals surface area contributed by atoms with Crippen LogP contribution >= 0.6 is 11.6 Å². The fourth-order valence-electron chi connectivity index (χ4n) is 3.28. The Morgan fingerprint density at radius 1 is 1.30 bits per heavy atom. The van der Waals surface area contributed by atoms with Crippen LogP contribution in [-0.2, 0) is 11.3 Å². The molecule has 0 saturated carbocycles. The molecule has 1 aromatic carbocycles. The maximum absolute atomic E-state index is 12.5. The Hall–Kier alpha value is -2.57. The predicted molar refractivity (Wildman–Crippen MR) is 102 cm³/mol. The van der Waals surface area contributed by atoms with E-state index in [1.54, 1.807) is 32.9 Å².